The minimum atomic E-state index is -0.163. The number of nitrogens with one attached hydrogen (secondary N) is 4. The topological polar surface area (TPSA) is 129 Å². The van der Waals surface area contributed by atoms with Crippen molar-refractivity contribution in [3.8, 4) is 5.82 Å². The van der Waals surface area contributed by atoms with Crippen LogP contribution in [0, 0.1) is 20.8 Å². The molecule has 1 aliphatic rings. The average molecular weight is 540 g/mol. The largest absolute Gasteiger partial charge is 0.369 e. The zero-order chi connectivity index (χ0) is 28.1. The van der Waals surface area contributed by atoms with E-state index in [0.29, 0.717) is 42.5 Å². The third-order valence-electron chi connectivity index (χ3n) is 6.59. The van der Waals surface area contributed by atoms with Crippen molar-refractivity contribution in [1.29, 1.82) is 0 Å². The predicted molar refractivity (Wildman–Crippen MR) is 155 cm³/mol. The van der Waals surface area contributed by atoms with Gasteiger partial charge < -0.3 is 21.3 Å². The summed E-state index contributed by atoms with van der Waals surface area (Å²) in [6.45, 7) is 9.18. The van der Waals surface area contributed by atoms with Gasteiger partial charge in [0.1, 0.15) is 18.0 Å². The van der Waals surface area contributed by atoms with Gasteiger partial charge in [0.15, 0.2) is 5.82 Å². The molecule has 0 radical (unpaired) electrons. The third-order valence-corrected chi connectivity index (χ3v) is 6.59. The molecule has 1 aliphatic heterocycles. The minimum absolute atomic E-state index is 0.0547. The molecule has 0 aliphatic carbocycles. The Morgan fingerprint density at radius 3 is 2.75 bits per heavy atom. The van der Waals surface area contributed by atoms with Crippen LogP contribution in [0.25, 0.3) is 5.82 Å². The van der Waals surface area contributed by atoms with Crippen molar-refractivity contribution in [2.24, 2.45) is 0 Å². The Bertz CT molecular complexity index is 1530. The minimum Gasteiger partial charge on any atom is -0.369 e. The van der Waals surface area contributed by atoms with E-state index in [1.165, 1.54) is 6.33 Å². The van der Waals surface area contributed by atoms with Gasteiger partial charge >= 0.3 is 0 Å². The molecule has 0 atom stereocenters. The van der Waals surface area contributed by atoms with Crippen LogP contribution in [0.4, 0.5) is 23.0 Å². The zero-order valence-electron chi connectivity index (χ0n) is 22.9. The molecule has 11 heteroatoms. The van der Waals surface area contributed by atoms with Gasteiger partial charge in [-0.05, 0) is 50.6 Å². The van der Waals surface area contributed by atoms with Crippen LogP contribution in [0.2, 0.25) is 0 Å². The Kier molecular flexibility index (Phi) is 8.02. The van der Waals surface area contributed by atoms with Gasteiger partial charge in [0.2, 0.25) is 5.91 Å². The number of benzene rings is 2. The average Bonchev–Trinajstić information content (AvgIpc) is 3.30. The highest BCUT2D eigenvalue weighted by Crippen LogP contribution is 2.27. The number of amides is 2. The van der Waals surface area contributed by atoms with Crippen molar-refractivity contribution < 1.29 is 9.59 Å². The molecule has 5 rings (SSSR count). The van der Waals surface area contributed by atoms with Crippen LogP contribution in [0.3, 0.4) is 0 Å². The first-order valence-corrected chi connectivity index (χ1v) is 13.2. The summed E-state index contributed by atoms with van der Waals surface area (Å²) in [4.78, 5) is 35.3. The number of hydrogen-bond donors (Lipinski definition) is 4. The van der Waals surface area contributed by atoms with Gasteiger partial charge in [-0.3, -0.25) is 14.5 Å². The molecule has 40 heavy (non-hydrogen) atoms. The summed E-state index contributed by atoms with van der Waals surface area (Å²) < 4.78 is 1.73. The van der Waals surface area contributed by atoms with Crippen molar-refractivity contribution in [2.45, 2.75) is 20.8 Å². The highest BCUT2D eigenvalue weighted by Gasteiger charge is 2.16. The standard InChI is InChI=1S/C29H33N9O2/c1-19-5-4-6-22(13-19)29(40)34-23-8-7-20(2)24(15-23)35-27-14-21(3)36-38(27)26-16-25(32-18-33-26)30-9-11-37-12-10-31-28(39)17-37/h4-8,13-16,18,35H,9-12,17H2,1-3H3,(H,31,39)(H,34,40)(H,30,32,33). The lowest BCUT2D eigenvalue weighted by Gasteiger charge is -2.26. The summed E-state index contributed by atoms with van der Waals surface area (Å²) in [5, 5.41) is 17.2. The maximum atomic E-state index is 12.8. The quantitative estimate of drug-likeness (QED) is 0.255. The van der Waals surface area contributed by atoms with Crippen molar-refractivity contribution in [2.75, 3.05) is 48.7 Å². The number of hydrogen-bond acceptors (Lipinski definition) is 8. The molecule has 2 aromatic heterocycles. The van der Waals surface area contributed by atoms with E-state index in [-0.39, 0.29) is 11.8 Å². The molecule has 206 valence electrons. The van der Waals surface area contributed by atoms with E-state index in [1.54, 1.807) is 10.7 Å². The first kappa shape index (κ1) is 26.8. The lowest BCUT2D eigenvalue weighted by molar-refractivity contribution is -0.124. The van der Waals surface area contributed by atoms with E-state index >= 15 is 0 Å². The Hall–Kier alpha value is -4.77. The van der Waals surface area contributed by atoms with Crippen LogP contribution in [0.15, 0.2) is 60.9 Å². The Balaban J connectivity index is 1.29. The molecule has 4 N–H and O–H groups in total. The summed E-state index contributed by atoms with van der Waals surface area (Å²) in [7, 11) is 0. The van der Waals surface area contributed by atoms with Crippen LogP contribution in [-0.4, -0.2) is 69.2 Å². The van der Waals surface area contributed by atoms with Gasteiger partial charge in [-0.25, -0.2) is 9.97 Å². The lowest BCUT2D eigenvalue weighted by atomic mass is 10.1. The molecule has 3 heterocycles. The number of piperazine rings is 1. The second-order valence-electron chi connectivity index (χ2n) is 9.88. The Labute approximate surface area is 233 Å². The van der Waals surface area contributed by atoms with Gasteiger partial charge in [0.05, 0.1) is 12.2 Å². The summed E-state index contributed by atoms with van der Waals surface area (Å²) in [5.41, 5.74) is 4.99. The molecule has 2 amide bonds. The van der Waals surface area contributed by atoms with Crippen LogP contribution in [0.5, 0.6) is 0 Å². The molecule has 4 aromatic rings. The van der Waals surface area contributed by atoms with Crippen LogP contribution < -0.4 is 21.3 Å². The van der Waals surface area contributed by atoms with E-state index in [0.717, 1.165) is 41.4 Å². The third kappa shape index (κ3) is 6.62. The molecule has 1 fully saturated rings. The summed E-state index contributed by atoms with van der Waals surface area (Å²) >= 11 is 0. The van der Waals surface area contributed by atoms with E-state index in [9.17, 15) is 9.59 Å². The summed E-state index contributed by atoms with van der Waals surface area (Å²) in [6, 6.07) is 17.0. The molecule has 0 spiro atoms. The molecule has 11 nitrogen and oxygen atoms in total. The molecular weight excluding hydrogens is 506 g/mol. The first-order chi connectivity index (χ1) is 19.3. The Morgan fingerprint density at radius 2 is 1.93 bits per heavy atom. The van der Waals surface area contributed by atoms with Crippen LogP contribution in [0.1, 0.15) is 27.2 Å². The molecule has 1 saturated heterocycles. The number of carbonyl (C=O) groups excluding carboxylic acids is 2. The number of anilines is 4. The monoisotopic (exact) mass is 539 g/mol. The summed E-state index contributed by atoms with van der Waals surface area (Å²) in [5.74, 6) is 1.89. The van der Waals surface area contributed by atoms with E-state index in [1.807, 2.05) is 69.3 Å². The zero-order valence-corrected chi connectivity index (χ0v) is 22.9. The second-order valence-corrected chi connectivity index (χ2v) is 9.88. The van der Waals surface area contributed by atoms with Crippen LogP contribution in [-0.2, 0) is 4.79 Å². The fourth-order valence-electron chi connectivity index (χ4n) is 4.51. The van der Waals surface area contributed by atoms with Crippen molar-refractivity contribution >= 4 is 34.8 Å². The molecule has 0 saturated carbocycles. The fraction of sp³-hybridized carbons (Fsp3) is 0.276. The number of rotatable bonds is 9. The lowest BCUT2D eigenvalue weighted by Crippen LogP contribution is -2.48. The second kappa shape index (κ2) is 12.0. The molecule has 0 bridgehead atoms. The molecule has 2 aromatic carbocycles. The normalized spacial score (nSPS) is 13.5. The fourth-order valence-corrected chi connectivity index (χ4v) is 4.51. The Morgan fingerprint density at radius 1 is 1.05 bits per heavy atom. The van der Waals surface area contributed by atoms with Crippen molar-refractivity contribution in [3.63, 3.8) is 0 Å². The van der Waals surface area contributed by atoms with E-state index < -0.39 is 0 Å². The predicted octanol–water partition coefficient (Wildman–Crippen LogP) is 3.43. The van der Waals surface area contributed by atoms with Gasteiger partial charge in [-0.2, -0.15) is 9.78 Å². The van der Waals surface area contributed by atoms with Gasteiger partial charge in [-0.15, -0.1) is 0 Å². The van der Waals surface area contributed by atoms with Gasteiger partial charge in [-0.1, -0.05) is 23.8 Å². The number of nitrogens with zero attached hydrogens (tertiary/aromatic N) is 5. The number of carbonyl (C=O) groups is 2. The highest BCUT2D eigenvalue weighted by atomic mass is 16.2. The summed E-state index contributed by atoms with van der Waals surface area (Å²) in [6.07, 6.45) is 1.50. The molecule has 0 unspecified atom stereocenters. The van der Waals surface area contributed by atoms with Gasteiger partial charge in [0.25, 0.3) is 5.91 Å². The van der Waals surface area contributed by atoms with Gasteiger partial charge in [0, 0.05) is 55.2 Å². The smallest absolute Gasteiger partial charge is 0.255 e. The van der Waals surface area contributed by atoms with Crippen molar-refractivity contribution in [1.82, 2.24) is 30.0 Å². The molecular formula is C29H33N9O2. The number of aryl methyl sites for hydroxylation is 3. The first-order valence-electron chi connectivity index (χ1n) is 13.2. The van der Waals surface area contributed by atoms with E-state index in [2.05, 4.69) is 41.2 Å². The highest BCUT2D eigenvalue weighted by molar-refractivity contribution is 6.04. The number of aromatic nitrogens is 4. The maximum absolute atomic E-state index is 12.8. The SMILES string of the molecule is Cc1cccc(C(=O)Nc2ccc(C)c(Nc3cc(C)nn3-c3cc(NCCN4CCNC(=O)C4)ncn3)c2)c1. The van der Waals surface area contributed by atoms with E-state index in [4.69, 9.17) is 0 Å². The van der Waals surface area contributed by atoms with Crippen LogP contribution >= 0.6 is 0 Å². The van der Waals surface area contributed by atoms with Crippen molar-refractivity contribution in [3.05, 3.63) is 83.3 Å². The maximum Gasteiger partial charge on any atom is 0.255 e.